The van der Waals surface area contributed by atoms with E-state index in [4.69, 9.17) is 5.73 Å². The van der Waals surface area contributed by atoms with Gasteiger partial charge in [0.25, 0.3) is 5.91 Å². The second-order valence-corrected chi connectivity index (χ2v) is 4.93. The lowest BCUT2D eigenvalue weighted by Crippen LogP contribution is -2.19. The van der Waals surface area contributed by atoms with Crippen LogP contribution >= 0.6 is 0 Å². The third kappa shape index (κ3) is 3.68. The molecule has 0 saturated carbocycles. The van der Waals surface area contributed by atoms with Gasteiger partial charge in [0.1, 0.15) is 0 Å². The highest BCUT2D eigenvalue weighted by Crippen LogP contribution is 2.19. The lowest BCUT2D eigenvalue weighted by molar-refractivity contribution is -0.116. The Kier molecular flexibility index (Phi) is 4.37. The molecule has 0 saturated heterocycles. The number of carbonyl (C=O) groups is 2. The SMILES string of the molecule is Cc1cccc(NC(=O)CCc2cnn(C)c2)c1C(N)=O. The van der Waals surface area contributed by atoms with Crippen LogP contribution in [0, 0.1) is 6.92 Å². The summed E-state index contributed by atoms with van der Waals surface area (Å²) >= 11 is 0. The van der Waals surface area contributed by atoms with Crippen LogP contribution in [0.25, 0.3) is 0 Å². The zero-order chi connectivity index (χ0) is 15.4. The van der Waals surface area contributed by atoms with Gasteiger partial charge in [0.2, 0.25) is 5.91 Å². The highest BCUT2D eigenvalue weighted by atomic mass is 16.2. The topological polar surface area (TPSA) is 90.0 Å². The van der Waals surface area contributed by atoms with Crippen molar-refractivity contribution < 1.29 is 9.59 Å². The van der Waals surface area contributed by atoms with E-state index >= 15 is 0 Å². The van der Waals surface area contributed by atoms with E-state index in [1.54, 1.807) is 36.0 Å². The van der Waals surface area contributed by atoms with E-state index in [1.165, 1.54) is 0 Å². The summed E-state index contributed by atoms with van der Waals surface area (Å²) in [6.45, 7) is 1.78. The van der Waals surface area contributed by atoms with E-state index in [9.17, 15) is 9.59 Å². The van der Waals surface area contributed by atoms with Gasteiger partial charge >= 0.3 is 0 Å². The Morgan fingerprint density at radius 3 is 2.76 bits per heavy atom. The number of nitrogens with zero attached hydrogens (tertiary/aromatic N) is 2. The van der Waals surface area contributed by atoms with Crippen LogP contribution in [0.2, 0.25) is 0 Å². The van der Waals surface area contributed by atoms with Gasteiger partial charge in [-0.05, 0) is 30.5 Å². The molecule has 110 valence electrons. The van der Waals surface area contributed by atoms with Gasteiger partial charge in [-0.25, -0.2) is 0 Å². The van der Waals surface area contributed by atoms with Crippen LogP contribution in [0.3, 0.4) is 0 Å². The molecule has 0 bridgehead atoms. The summed E-state index contributed by atoms with van der Waals surface area (Å²) in [4.78, 5) is 23.5. The first-order valence-electron chi connectivity index (χ1n) is 6.64. The quantitative estimate of drug-likeness (QED) is 0.870. The van der Waals surface area contributed by atoms with Crippen molar-refractivity contribution in [3.63, 3.8) is 0 Å². The van der Waals surface area contributed by atoms with Gasteiger partial charge in [-0.3, -0.25) is 14.3 Å². The number of nitrogens with one attached hydrogen (secondary N) is 1. The number of carbonyl (C=O) groups excluding carboxylic acids is 2. The fraction of sp³-hybridized carbons (Fsp3) is 0.267. The predicted molar refractivity (Wildman–Crippen MR) is 79.9 cm³/mol. The van der Waals surface area contributed by atoms with Crippen molar-refractivity contribution in [2.45, 2.75) is 19.8 Å². The van der Waals surface area contributed by atoms with Gasteiger partial charge in [-0.15, -0.1) is 0 Å². The standard InChI is InChI=1S/C15H18N4O2/c1-10-4-3-5-12(14(10)15(16)21)18-13(20)7-6-11-8-17-19(2)9-11/h3-5,8-9H,6-7H2,1-2H3,(H2,16,21)(H,18,20). The van der Waals surface area contributed by atoms with Crippen LogP contribution in [-0.4, -0.2) is 21.6 Å². The van der Waals surface area contributed by atoms with Crippen molar-refractivity contribution in [2.75, 3.05) is 5.32 Å². The van der Waals surface area contributed by atoms with Gasteiger partial charge in [-0.1, -0.05) is 12.1 Å². The molecule has 1 aromatic carbocycles. The van der Waals surface area contributed by atoms with Gasteiger partial charge in [-0.2, -0.15) is 5.10 Å². The van der Waals surface area contributed by atoms with E-state index in [2.05, 4.69) is 10.4 Å². The summed E-state index contributed by atoms with van der Waals surface area (Å²) in [7, 11) is 1.83. The van der Waals surface area contributed by atoms with Gasteiger partial charge in [0.05, 0.1) is 17.4 Å². The Morgan fingerprint density at radius 1 is 1.38 bits per heavy atom. The molecule has 0 atom stereocenters. The molecule has 2 amide bonds. The molecule has 3 N–H and O–H groups in total. The number of amides is 2. The number of nitrogens with two attached hydrogens (primary N) is 1. The molecule has 0 aliphatic heterocycles. The van der Waals surface area contributed by atoms with Crippen molar-refractivity contribution in [1.29, 1.82) is 0 Å². The maximum Gasteiger partial charge on any atom is 0.251 e. The van der Waals surface area contributed by atoms with E-state index in [1.807, 2.05) is 13.2 Å². The largest absolute Gasteiger partial charge is 0.366 e. The van der Waals surface area contributed by atoms with Crippen molar-refractivity contribution in [2.24, 2.45) is 12.8 Å². The third-order valence-corrected chi connectivity index (χ3v) is 3.19. The van der Waals surface area contributed by atoms with E-state index in [0.29, 0.717) is 24.1 Å². The predicted octanol–water partition coefficient (Wildman–Crippen LogP) is 1.40. The molecule has 2 rings (SSSR count). The van der Waals surface area contributed by atoms with E-state index in [-0.39, 0.29) is 5.91 Å². The average Bonchev–Trinajstić information content (AvgIpc) is 2.82. The fourth-order valence-electron chi connectivity index (χ4n) is 2.17. The van der Waals surface area contributed by atoms with Crippen LogP contribution in [0.5, 0.6) is 0 Å². The number of aromatic nitrogens is 2. The molecule has 0 unspecified atom stereocenters. The van der Waals surface area contributed by atoms with Crippen LogP contribution in [0.15, 0.2) is 30.6 Å². The summed E-state index contributed by atoms with van der Waals surface area (Å²) in [5, 5.41) is 6.79. The van der Waals surface area contributed by atoms with Crippen molar-refractivity contribution in [3.05, 3.63) is 47.3 Å². The number of anilines is 1. The minimum absolute atomic E-state index is 0.160. The minimum atomic E-state index is -0.546. The summed E-state index contributed by atoms with van der Waals surface area (Å²) in [5.74, 6) is -0.706. The molecule has 6 heteroatoms. The highest BCUT2D eigenvalue weighted by Gasteiger charge is 2.13. The zero-order valence-corrected chi connectivity index (χ0v) is 12.1. The molecule has 0 aliphatic rings. The Morgan fingerprint density at radius 2 is 2.14 bits per heavy atom. The van der Waals surface area contributed by atoms with Crippen molar-refractivity contribution in [3.8, 4) is 0 Å². The second-order valence-electron chi connectivity index (χ2n) is 4.93. The lowest BCUT2D eigenvalue weighted by Gasteiger charge is -2.10. The molecular formula is C15H18N4O2. The number of rotatable bonds is 5. The molecule has 1 heterocycles. The Bertz CT molecular complexity index is 676. The number of benzene rings is 1. The molecule has 0 fully saturated rings. The smallest absolute Gasteiger partial charge is 0.251 e. The molecule has 2 aromatic rings. The summed E-state index contributed by atoms with van der Waals surface area (Å²) in [6, 6.07) is 5.24. The second kappa shape index (κ2) is 6.21. The Hall–Kier alpha value is -2.63. The summed E-state index contributed by atoms with van der Waals surface area (Å²) in [5.41, 5.74) is 7.90. The van der Waals surface area contributed by atoms with E-state index in [0.717, 1.165) is 11.1 Å². The van der Waals surface area contributed by atoms with Crippen LogP contribution in [0.4, 0.5) is 5.69 Å². The van der Waals surface area contributed by atoms with Crippen LogP contribution in [-0.2, 0) is 18.3 Å². The fourth-order valence-corrected chi connectivity index (χ4v) is 2.17. The molecule has 0 spiro atoms. The summed E-state index contributed by atoms with van der Waals surface area (Å²) < 4.78 is 1.69. The van der Waals surface area contributed by atoms with Crippen molar-refractivity contribution >= 4 is 17.5 Å². The monoisotopic (exact) mass is 286 g/mol. The maximum atomic E-state index is 12.0. The van der Waals surface area contributed by atoms with Crippen molar-refractivity contribution in [1.82, 2.24) is 9.78 Å². The lowest BCUT2D eigenvalue weighted by atomic mass is 10.1. The zero-order valence-electron chi connectivity index (χ0n) is 12.1. The minimum Gasteiger partial charge on any atom is -0.366 e. The number of aryl methyl sites for hydroxylation is 3. The van der Waals surface area contributed by atoms with Gasteiger partial charge < -0.3 is 11.1 Å². The van der Waals surface area contributed by atoms with E-state index < -0.39 is 5.91 Å². The number of hydrogen-bond donors (Lipinski definition) is 2. The maximum absolute atomic E-state index is 12.0. The average molecular weight is 286 g/mol. The molecule has 21 heavy (non-hydrogen) atoms. The first kappa shape index (κ1) is 14.8. The molecular weight excluding hydrogens is 268 g/mol. The Balaban J connectivity index is 2.03. The molecule has 1 aromatic heterocycles. The first-order chi connectivity index (χ1) is 9.97. The highest BCUT2D eigenvalue weighted by molar-refractivity contribution is 6.04. The van der Waals surface area contributed by atoms with Crippen LogP contribution in [0.1, 0.15) is 27.9 Å². The summed E-state index contributed by atoms with van der Waals surface area (Å²) in [6.07, 6.45) is 4.51. The number of hydrogen-bond acceptors (Lipinski definition) is 3. The van der Waals surface area contributed by atoms with Crippen LogP contribution < -0.4 is 11.1 Å². The first-order valence-corrected chi connectivity index (χ1v) is 6.64. The molecule has 0 aliphatic carbocycles. The van der Waals surface area contributed by atoms with Gasteiger partial charge in [0, 0.05) is 19.7 Å². The normalized spacial score (nSPS) is 10.4. The third-order valence-electron chi connectivity index (χ3n) is 3.19. The number of primary amides is 1. The molecule has 6 nitrogen and oxygen atoms in total. The Labute approximate surface area is 122 Å². The molecule has 0 radical (unpaired) electrons. The van der Waals surface area contributed by atoms with Gasteiger partial charge in [0.15, 0.2) is 0 Å².